The summed E-state index contributed by atoms with van der Waals surface area (Å²) in [6.07, 6.45) is 3.39. The van der Waals surface area contributed by atoms with Gasteiger partial charge >= 0.3 is 5.97 Å². The fraction of sp³-hybridized carbons (Fsp3) is 0.500. The van der Waals surface area contributed by atoms with E-state index in [9.17, 15) is 14.4 Å². The van der Waals surface area contributed by atoms with Gasteiger partial charge < -0.3 is 15.0 Å². The van der Waals surface area contributed by atoms with Crippen molar-refractivity contribution in [1.29, 1.82) is 5.26 Å². The maximum Gasteiger partial charge on any atom is 0.312 e. The highest BCUT2D eigenvalue weighted by atomic mass is 16.5. The molecule has 1 aromatic rings. The third-order valence-electron chi connectivity index (χ3n) is 5.18. The number of carbonyl (C=O) groups is 3. The number of anilines is 1. The van der Waals surface area contributed by atoms with E-state index in [0.717, 1.165) is 25.7 Å². The van der Waals surface area contributed by atoms with E-state index in [2.05, 4.69) is 5.32 Å². The Morgan fingerprint density at radius 3 is 2.78 bits per heavy atom. The largest absolute Gasteiger partial charge is 0.452 e. The van der Waals surface area contributed by atoms with Crippen molar-refractivity contribution in [1.82, 2.24) is 4.90 Å². The molecule has 1 saturated heterocycles. The predicted molar refractivity (Wildman–Crippen MR) is 97.4 cm³/mol. The molecule has 1 N–H and O–H groups in total. The summed E-state index contributed by atoms with van der Waals surface area (Å²) in [7, 11) is 0. The van der Waals surface area contributed by atoms with Gasteiger partial charge in [0.05, 0.1) is 17.6 Å². The number of ether oxygens (including phenoxy) is 1. The highest BCUT2D eigenvalue weighted by Gasteiger charge is 2.40. The number of hydrogen-bond donors (Lipinski definition) is 1. The van der Waals surface area contributed by atoms with Gasteiger partial charge in [-0.15, -0.1) is 0 Å². The summed E-state index contributed by atoms with van der Waals surface area (Å²) in [5.41, 5.74) is 0.888. The van der Waals surface area contributed by atoms with Gasteiger partial charge in [-0.3, -0.25) is 14.4 Å². The first-order chi connectivity index (χ1) is 13.0. The Morgan fingerprint density at radius 1 is 1.33 bits per heavy atom. The average Bonchev–Trinajstić information content (AvgIpc) is 3.31. The summed E-state index contributed by atoms with van der Waals surface area (Å²) in [5, 5.41) is 11.5. The van der Waals surface area contributed by atoms with Crippen LogP contribution in [0.2, 0.25) is 0 Å². The van der Waals surface area contributed by atoms with Gasteiger partial charge in [-0.05, 0) is 38.0 Å². The Hall–Kier alpha value is -2.88. The monoisotopic (exact) mass is 369 g/mol. The van der Waals surface area contributed by atoms with Gasteiger partial charge in [0.2, 0.25) is 5.91 Å². The van der Waals surface area contributed by atoms with Crippen LogP contribution in [-0.4, -0.2) is 41.4 Å². The number of hydrogen-bond acceptors (Lipinski definition) is 5. The van der Waals surface area contributed by atoms with Crippen molar-refractivity contribution in [2.45, 2.75) is 51.2 Å². The third-order valence-corrected chi connectivity index (χ3v) is 5.18. The molecule has 2 amide bonds. The Kier molecular flexibility index (Phi) is 5.75. The summed E-state index contributed by atoms with van der Waals surface area (Å²) in [6.45, 7) is 1.87. The predicted octanol–water partition coefficient (Wildman–Crippen LogP) is 2.22. The average molecular weight is 369 g/mol. The molecule has 0 unspecified atom stereocenters. The Balaban J connectivity index is 1.53. The summed E-state index contributed by atoms with van der Waals surface area (Å²) < 4.78 is 5.29. The van der Waals surface area contributed by atoms with Crippen LogP contribution in [0.4, 0.5) is 5.69 Å². The summed E-state index contributed by atoms with van der Waals surface area (Å²) in [5.74, 6) is -1.52. The van der Waals surface area contributed by atoms with Crippen LogP contribution < -0.4 is 5.32 Å². The second-order valence-electron chi connectivity index (χ2n) is 7.15. The molecule has 1 saturated carbocycles. The molecular weight excluding hydrogens is 346 g/mol. The molecule has 27 heavy (non-hydrogen) atoms. The fourth-order valence-corrected chi connectivity index (χ4v) is 3.69. The molecule has 0 radical (unpaired) electrons. The molecule has 1 heterocycles. The molecule has 7 heteroatoms. The molecule has 7 nitrogen and oxygen atoms in total. The molecule has 142 valence electrons. The first-order valence-corrected chi connectivity index (χ1v) is 9.29. The molecule has 3 rings (SSSR count). The van der Waals surface area contributed by atoms with Crippen LogP contribution in [0.1, 0.15) is 44.6 Å². The number of benzene rings is 1. The SMILES string of the molecule is C[C@H](OC(=O)[C@@H]1CC(=O)N(C2CCCC2)C1)C(=O)Nc1cccc(C#N)c1. The number of esters is 1. The lowest BCUT2D eigenvalue weighted by Gasteiger charge is -2.24. The maximum atomic E-state index is 12.4. The number of carbonyl (C=O) groups excluding carboxylic acids is 3. The third kappa shape index (κ3) is 4.45. The van der Waals surface area contributed by atoms with Crippen molar-refractivity contribution in [3.8, 4) is 6.07 Å². The number of amides is 2. The van der Waals surface area contributed by atoms with E-state index in [1.165, 1.54) is 6.92 Å². The van der Waals surface area contributed by atoms with Crippen LogP contribution in [0.3, 0.4) is 0 Å². The van der Waals surface area contributed by atoms with Crippen LogP contribution in [0, 0.1) is 17.2 Å². The van der Waals surface area contributed by atoms with Crippen molar-refractivity contribution in [3.63, 3.8) is 0 Å². The molecule has 1 aliphatic heterocycles. The second-order valence-corrected chi connectivity index (χ2v) is 7.15. The zero-order valence-electron chi connectivity index (χ0n) is 15.3. The zero-order chi connectivity index (χ0) is 19.4. The van der Waals surface area contributed by atoms with E-state index >= 15 is 0 Å². The fourth-order valence-electron chi connectivity index (χ4n) is 3.69. The van der Waals surface area contributed by atoms with Crippen molar-refractivity contribution in [2.24, 2.45) is 5.92 Å². The lowest BCUT2D eigenvalue weighted by atomic mass is 10.1. The molecule has 0 bridgehead atoms. The van der Waals surface area contributed by atoms with E-state index < -0.39 is 23.9 Å². The Morgan fingerprint density at radius 2 is 2.07 bits per heavy atom. The van der Waals surface area contributed by atoms with E-state index in [0.29, 0.717) is 17.8 Å². The number of nitrogens with zero attached hydrogens (tertiary/aromatic N) is 2. The number of likely N-dealkylation sites (tertiary alicyclic amines) is 1. The zero-order valence-corrected chi connectivity index (χ0v) is 15.3. The number of nitriles is 1. The maximum absolute atomic E-state index is 12.4. The summed E-state index contributed by atoms with van der Waals surface area (Å²) >= 11 is 0. The van der Waals surface area contributed by atoms with E-state index in [4.69, 9.17) is 10.00 Å². The number of nitrogens with one attached hydrogen (secondary N) is 1. The standard InChI is InChI=1S/C20H23N3O4/c1-13(19(25)22-16-6-4-5-14(9-16)11-21)27-20(26)15-10-18(24)23(12-15)17-7-2-3-8-17/h4-6,9,13,15,17H,2-3,7-8,10,12H2,1H3,(H,22,25)/t13-,15+/m0/s1. The van der Waals surface area contributed by atoms with Gasteiger partial charge in [0.15, 0.2) is 6.10 Å². The molecule has 0 aromatic heterocycles. The van der Waals surface area contributed by atoms with Crippen LogP contribution >= 0.6 is 0 Å². The molecule has 1 aromatic carbocycles. The lowest BCUT2D eigenvalue weighted by molar-refractivity contribution is -0.157. The van der Waals surface area contributed by atoms with Gasteiger partial charge in [0.1, 0.15) is 0 Å². The van der Waals surface area contributed by atoms with Crippen molar-refractivity contribution in [2.75, 3.05) is 11.9 Å². The van der Waals surface area contributed by atoms with Crippen molar-refractivity contribution < 1.29 is 19.1 Å². The first kappa shape index (κ1) is 18.9. The van der Waals surface area contributed by atoms with Crippen LogP contribution in [0.5, 0.6) is 0 Å². The van der Waals surface area contributed by atoms with Crippen LogP contribution in [0.15, 0.2) is 24.3 Å². The highest BCUT2D eigenvalue weighted by molar-refractivity contribution is 5.96. The molecule has 2 fully saturated rings. The van der Waals surface area contributed by atoms with Gasteiger partial charge in [-0.25, -0.2) is 0 Å². The lowest BCUT2D eigenvalue weighted by Crippen LogP contribution is -2.36. The van der Waals surface area contributed by atoms with Gasteiger partial charge in [-0.2, -0.15) is 5.26 Å². The summed E-state index contributed by atoms with van der Waals surface area (Å²) in [4.78, 5) is 38.7. The van der Waals surface area contributed by atoms with Gasteiger partial charge in [0.25, 0.3) is 5.91 Å². The van der Waals surface area contributed by atoms with E-state index in [-0.39, 0.29) is 18.4 Å². The summed E-state index contributed by atoms with van der Waals surface area (Å²) in [6, 6.07) is 8.73. The Labute approximate surface area is 158 Å². The minimum absolute atomic E-state index is 0.00530. The van der Waals surface area contributed by atoms with Crippen LogP contribution in [-0.2, 0) is 19.1 Å². The highest BCUT2D eigenvalue weighted by Crippen LogP contribution is 2.30. The van der Waals surface area contributed by atoms with E-state index in [1.54, 1.807) is 29.2 Å². The minimum atomic E-state index is -0.987. The second kappa shape index (κ2) is 8.21. The quantitative estimate of drug-likeness (QED) is 0.802. The topological polar surface area (TPSA) is 99.5 Å². The van der Waals surface area contributed by atoms with Gasteiger partial charge in [-0.1, -0.05) is 18.9 Å². The van der Waals surface area contributed by atoms with E-state index in [1.807, 2.05) is 6.07 Å². The minimum Gasteiger partial charge on any atom is -0.452 e. The van der Waals surface area contributed by atoms with Gasteiger partial charge in [0, 0.05) is 24.7 Å². The molecule has 2 aliphatic rings. The smallest absolute Gasteiger partial charge is 0.312 e. The first-order valence-electron chi connectivity index (χ1n) is 9.29. The van der Waals surface area contributed by atoms with Crippen LogP contribution in [0.25, 0.3) is 0 Å². The normalized spacial score (nSPS) is 21.0. The Bertz CT molecular complexity index is 780. The molecule has 0 spiro atoms. The molecule has 2 atom stereocenters. The number of rotatable bonds is 5. The molecule has 1 aliphatic carbocycles. The van der Waals surface area contributed by atoms with Crippen molar-refractivity contribution in [3.05, 3.63) is 29.8 Å². The van der Waals surface area contributed by atoms with Crippen molar-refractivity contribution >= 4 is 23.5 Å². The molecular formula is C20H23N3O4.